The van der Waals surface area contributed by atoms with Crippen molar-refractivity contribution < 1.29 is 18.0 Å². The first kappa shape index (κ1) is 26.5. The molecule has 2 aromatic rings. The molecule has 2 amide bonds. The average molecular weight is 474 g/mol. The fraction of sp³-hybridized carbons (Fsp3) is 0.440. The third-order valence-electron chi connectivity index (χ3n) is 5.33. The summed E-state index contributed by atoms with van der Waals surface area (Å²) in [5, 5.41) is 2.91. The second kappa shape index (κ2) is 12.5. The van der Waals surface area contributed by atoms with E-state index in [0.717, 1.165) is 5.56 Å². The summed E-state index contributed by atoms with van der Waals surface area (Å²) in [5.74, 6) is -0.351. The van der Waals surface area contributed by atoms with Gasteiger partial charge in [-0.25, -0.2) is 12.7 Å². The molecule has 0 heterocycles. The van der Waals surface area contributed by atoms with E-state index in [9.17, 15) is 18.0 Å². The van der Waals surface area contributed by atoms with E-state index in [1.54, 1.807) is 35.2 Å². The fourth-order valence-corrected chi connectivity index (χ4v) is 4.80. The predicted molar refractivity (Wildman–Crippen MR) is 130 cm³/mol. The summed E-state index contributed by atoms with van der Waals surface area (Å²) in [7, 11) is -2.10. The van der Waals surface area contributed by atoms with Gasteiger partial charge in [0.25, 0.3) is 0 Å². The number of benzene rings is 2. The Hall–Kier alpha value is -2.71. The Labute approximate surface area is 197 Å². The van der Waals surface area contributed by atoms with E-state index >= 15 is 0 Å². The van der Waals surface area contributed by atoms with Crippen molar-refractivity contribution in [3.8, 4) is 0 Å². The Balaban J connectivity index is 2.09. The molecule has 180 valence electrons. The quantitative estimate of drug-likeness (QED) is 0.512. The summed E-state index contributed by atoms with van der Waals surface area (Å²) >= 11 is 0. The molecule has 2 rings (SSSR count). The number of carbonyl (C=O) groups excluding carboxylic acids is 2. The van der Waals surface area contributed by atoms with Crippen molar-refractivity contribution in [3.05, 3.63) is 66.2 Å². The lowest BCUT2D eigenvalue weighted by atomic mass is 10.1. The van der Waals surface area contributed by atoms with Gasteiger partial charge in [0.2, 0.25) is 21.8 Å². The number of nitrogens with zero attached hydrogens (tertiary/aromatic N) is 2. The van der Waals surface area contributed by atoms with Gasteiger partial charge in [-0.15, -0.1) is 0 Å². The maximum absolute atomic E-state index is 13.2. The fourth-order valence-electron chi connectivity index (χ4n) is 3.57. The van der Waals surface area contributed by atoms with Gasteiger partial charge in [-0.3, -0.25) is 9.59 Å². The molecular formula is C25H35N3O4S. The zero-order valence-electron chi connectivity index (χ0n) is 19.9. The number of rotatable bonds is 12. The third kappa shape index (κ3) is 7.68. The first-order valence-electron chi connectivity index (χ1n) is 11.3. The minimum Gasteiger partial charge on any atom is -0.352 e. The monoisotopic (exact) mass is 473 g/mol. The van der Waals surface area contributed by atoms with Crippen LogP contribution in [0, 0.1) is 0 Å². The van der Waals surface area contributed by atoms with Crippen LogP contribution in [-0.4, -0.2) is 55.1 Å². The second-order valence-corrected chi connectivity index (χ2v) is 10.4. The molecule has 0 spiro atoms. The zero-order chi connectivity index (χ0) is 24.4. The SMILES string of the molecule is CC[C@@H](C(=O)NC(C)C)N(Cc1ccccc1)C(=O)CCCN(C)S(=O)(=O)c1ccccc1. The molecule has 0 unspecified atom stereocenters. The predicted octanol–water partition coefficient (Wildman–Crippen LogP) is 3.42. The lowest BCUT2D eigenvalue weighted by molar-refractivity contribution is -0.141. The minimum absolute atomic E-state index is 0.0305. The average Bonchev–Trinajstić information content (AvgIpc) is 2.79. The number of amides is 2. The molecule has 0 aromatic heterocycles. The summed E-state index contributed by atoms with van der Waals surface area (Å²) < 4.78 is 26.7. The molecule has 1 N–H and O–H groups in total. The van der Waals surface area contributed by atoms with Crippen molar-refractivity contribution in [2.75, 3.05) is 13.6 Å². The van der Waals surface area contributed by atoms with E-state index < -0.39 is 16.1 Å². The molecule has 7 nitrogen and oxygen atoms in total. The first-order chi connectivity index (χ1) is 15.7. The highest BCUT2D eigenvalue weighted by Gasteiger charge is 2.29. The van der Waals surface area contributed by atoms with Gasteiger partial charge >= 0.3 is 0 Å². The van der Waals surface area contributed by atoms with Crippen LogP contribution in [0.15, 0.2) is 65.6 Å². The lowest BCUT2D eigenvalue weighted by Crippen LogP contribution is -2.50. The Bertz CT molecular complexity index is 995. The lowest BCUT2D eigenvalue weighted by Gasteiger charge is -2.31. The van der Waals surface area contributed by atoms with Crippen molar-refractivity contribution >= 4 is 21.8 Å². The van der Waals surface area contributed by atoms with Gasteiger partial charge in [0.1, 0.15) is 6.04 Å². The Kier molecular flexibility index (Phi) is 10.1. The molecule has 33 heavy (non-hydrogen) atoms. The number of hydrogen-bond donors (Lipinski definition) is 1. The second-order valence-electron chi connectivity index (χ2n) is 8.34. The molecule has 0 aliphatic rings. The normalized spacial score (nSPS) is 12.5. The Morgan fingerprint density at radius 3 is 2.09 bits per heavy atom. The van der Waals surface area contributed by atoms with E-state index in [4.69, 9.17) is 0 Å². The number of nitrogens with one attached hydrogen (secondary N) is 1. The molecular weight excluding hydrogens is 438 g/mol. The number of hydrogen-bond acceptors (Lipinski definition) is 4. The van der Waals surface area contributed by atoms with Crippen molar-refractivity contribution in [1.82, 2.24) is 14.5 Å². The Morgan fingerprint density at radius 2 is 1.55 bits per heavy atom. The Morgan fingerprint density at radius 1 is 0.970 bits per heavy atom. The zero-order valence-corrected chi connectivity index (χ0v) is 20.7. The molecule has 0 aliphatic carbocycles. The van der Waals surface area contributed by atoms with Crippen LogP contribution in [0.2, 0.25) is 0 Å². The van der Waals surface area contributed by atoms with Crippen LogP contribution >= 0.6 is 0 Å². The highest BCUT2D eigenvalue weighted by Crippen LogP contribution is 2.17. The minimum atomic E-state index is -3.61. The standard InChI is InChI=1S/C25H35N3O4S/c1-5-23(25(30)26-20(2)3)28(19-21-13-8-6-9-14-21)24(29)17-12-18-27(4)33(31,32)22-15-10-7-11-16-22/h6-11,13-16,20,23H,5,12,17-19H2,1-4H3,(H,26,30)/t23-/m0/s1. The molecule has 8 heteroatoms. The molecule has 0 saturated heterocycles. The van der Waals surface area contributed by atoms with Gasteiger partial charge in [-0.1, -0.05) is 55.5 Å². The number of sulfonamides is 1. The van der Waals surface area contributed by atoms with Crippen LogP contribution in [0.5, 0.6) is 0 Å². The highest BCUT2D eigenvalue weighted by molar-refractivity contribution is 7.89. The highest BCUT2D eigenvalue weighted by atomic mass is 32.2. The summed E-state index contributed by atoms with van der Waals surface area (Å²) in [6.45, 7) is 6.18. The molecule has 0 radical (unpaired) electrons. The summed E-state index contributed by atoms with van der Waals surface area (Å²) in [6.07, 6.45) is 0.987. The van der Waals surface area contributed by atoms with Crippen LogP contribution < -0.4 is 5.32 Å². The van der Waals surface area contributed by atoms with Crippen LogP contribution in [0.1, 0.15) is 45.6 Å². The summed E-state index contributed by atoms with van der Waals surface area (Å²) in [5.41, 5.74) is 0.936. The van der Waals surface area contributed by atoms with E-state index in [1.165, 1.54) is 11.4 Å². The largest absolute Gasteiger partial charge is 0.352 e. The molecule has 0 saturated carbocycles. The molecule has 1 atom stereocenters. The van der Waals surface area contributed by atoms with Gasteiger partial charge in [-0.2, -0.15) is 0 Å². The van der Waals surface area contributed by atoms with Crippen molar-refractivity contribution in [2.45, 2.75) is 63.6 Å². The van der Waals surface area contributed by atoms with Crippen LogP contribution in [0.25, 0.3) is 0 Å². The van der Waals surface area contributed by atoms with Gasteiger partial charge in [-0.05, 0) is 44.4 Å². The van der Waals surface area contributed by atoms with Gasteiger partial charge in [0, 0.05) is 32.6 Å². The van der Waals surface area contributed by atoms with Crippen LogP contribution in [0.4, 0.5) is 0 Å². The molecule has 0 aliphatic heterocycles. The van der Waals surface area contributed by atoms with Crippen LogP contribution in [-0.2, 0) is 26.2 Å². The van der Waals surface area contributed by atoms with Crippen molar-refractivity contribution in [3.63, 3.8) is 0 Å². The maximum Gasteiger partial charge on any atom is 0.243 e. The molecule has 0 fully saturated rings. The smallest absolute Gasteiger partial charge is 0.243 e. The van der Waals surface area contributed by atoms with Crippen LogP contribution in [0.3, 0.4) is 0 Å². The maximum atomic E-state index is 13.2. The van der Waals surface area contributed by atoms with Crippen molar-refractivity contribution in [2.24, 2.45) is 0 Å². The molecule has 0 bridgehead atoms. The van der Waals surface area contributed by atoms with Gasteiger partial charge < -0.3 is 10.2 Å². The topological polar surface area (TPSA) is 86.8 Å². The van der Waals surface area contributed by atoms with E-state index in [-0.39, 0.29) is 35.7 Å². The van der Waals surface area contributed by atoms with Gasteiger partial charge in [0.05, 0.1) is 4.90 Å². The first-order valence-corrected chi connectivity index (χ1v) is 12.8. The van der Waals surface area contributed by atoms with E-state index in [0.29, 0.717) is 19.4 Å². The summed E-state index contributed by atoms with van der Waals surface area (Å²) in [4.78, 5) is 27.8. The van der Waals surface area contributed by atoms with Crippen molar-refractivity contribution in [1.29, 1.82) is 0 Å². The third-order valence-corrected chi connectivity index (χ3v) is 7.20. The van der Waals surface area contributed by atoms with Gasteiger partial charge in [0.15, 0.2) is 0 Å². The molecule has 2 aromatic carbocycles. The van der Waals surface area contributed by atoms with E-state index in [1.807, 2.05) is 51.1 Å². The van der Waals surface area contributed by atoms with E-state index in [2.05, 4.69) is 5.32 Å². The summed E-state index contributed by atoms with van der Waals surface area (Å²) in [6, 6.07) is 17.2. The number of carbonyl (C=O) groups is 2.